The summed E-state index contributed by atoms with van der Waals surface area (Å²) in [5.74, 6) is -0.338. The highest BCUT2D eigenvalue weighted by Crippen LogP contribution is 2.47. The van der Waals surface area contributed by atoms with Crippen LogP contribution in [0.15, 0.2) is 12.2 Å². The molecular weight excluding hydrogens is 822 g/mol. The first-order valence-electron chi connectivity index (χ1n) is 26.1. The molecule has 13 heteroatoms. The van der Waals surface area contributed by atoms with Crippen LogP contribution in [0.3, 0.4) is 0 Å². The lowest BCUT2D eigenvalue weighted by Gasteiger charge is -2.41. The summed E-state index contributed by atoms with van der Waals surface area (Å²) >= 11 is 0. The first-order chi connectivity index (χ1) is 30.4. The lowest BCUT2D eigenvalue weighted by molar-refractivity contribution is -0.220. The van der Waals surface area contributed by atoms with Crippen LogP contribution in [-0.4, -0.2) is 96.8 Å². The summed E-state index contributed by atoms with van der Waals surface area (Å²) in [5, 5.41) is 63.9. The van der Waals surface area contributed by atoms with Crippen molar-refractivity contribution in [3.05, 3.63) is 12.2 Å². The second-order valence-corrected chi connectivity index (χ2v) is 20.1. The van der Waals surface area contributed by atoms with Crippen molar-refractivity contribution >= 4 is 13.7 Å². The van der Waals surface area contributed by atoms with Gasteiger partial charge in [-0.1, -0.05) is 231 Å². The van der Waals surface area contributed by atoms with Crippen molar-refractivity contribution in [2.45, 2.75) is 294 Å². The third-order valence-corrected chi connectivity index (χ3v) is 13.8. The van der Waals surface area contributed by atoms with Crippen LogP contribution in [-0.2, 0) is 18.4 Å². The van der Waals surface area contributed by atoms with Crippen LogP contribution in [0.4, 0.5) is 0 Å². The maximum Gasteiger partial charge on any atom is 0.472 e. The molecule has 0 aliphatic heterocycles. The highest BCUT2D eigenvalue weighted by atomic mass is 31.2. The summed E-state index contributed by atoms with van der Waals surface area (Å²) in [6.07, 6.45) is 34.7. The molecule has 1 rings (SSSR count). The van der Waals surface area contributed by atoms with E-state index in [4.69, 9.17) is 9.05 Å². The van der Waals surface area contributed by atoms with Gasteiger partial charge in [0.05, 0.1) is 18.8 Å². The van der Waals surface area contributed by atoms with Gasteiger partial charge in [-0.25, -0.2) is 4.57 Å². The van der Waals surface area contributed by atoms with E-state index in [0.717, 1.165) is 44.9 Å². The number of hydrogen-bond donors (Lipinski definition) is 8. The van der Waals surface area contributed by atoms with E-state index in [9.17, 15) is 44.9 Å². The maximum absolute atomic E-state index is 12.9. The largest absolute Gasteiger partial charge is 0.472 e. The quantitative estimate of drug-likeness (QED) is 0.0164. The number of phosphoric acid groups is 1. The molecule has 0 aromatic heterocycles. The molecule has 9 atom stereocenters. The molecular formula is C50H98NO11P. The smallest absolute Gasteiger partial charge is 0.387 e. The highest BCUT2D eigenvalue weighted by molar-refractivity contribution is 7.47. The number of phosphoric ester groups is 1. The molecule has 0 radical (unpaired) electrons. The third-order valence-electron chi connectivity index (χ3n) is 12.8. The fraction of sp³-hybridized carbons (Fsp3) is 0.940. The van der Waals surface area contributed by atoms with Gasteiger partial charge in [0.2, 0.25) is 5.91 Å². The van der Waals surface area contributed by atoms with E-state index in [0.29, 0.717) is 6.42 Å². The topological polar surface area (TPSA) is 206 Å². The summed E-state index contributed by atoms with van der Waals surface area (Å²) in [7, 11) is -5.07. The average Bonchev–Trinajstić information content (AvgIpc) is 3.27. The minimum Gasteiger partial charge on any atom is -0.387 e. The Labute approximate surface area is 384 Å². The third kappa shape index (κ3) is 31.6. The summed E-state index contributed by atoms with van der Waals surface area (Å²) < 4.78 is 22.9. The summed E-state index contributed by atoms with van der Waals surface area (Å²) in [6, 6.07) is -1.11. The zero-order chi connectivity index (χ0) is 46.4. The monoisotopic (exact) mass is 920 g/mol. The Bertz CT molecular complexity index is 1120. The zero-order valence-corrected chi connectivity index (χ0v) is 41.0. The van der Waals surface area contributed by atoms with Gasteiger partial charge < -0.3 is 40.8 Å². The van der Waals surface area contributed by atoms with E-state index in [1.54, 1.807) is 0 Å². The van der Waals surface area contributed by atoms with Crippen molar-refractivity contribution in [3.63, 3.8) is 0 Å². The van der Waals surface area contributed by atoms with Gasteiger partial charge in [0, 0.05) is 6.42 Å². The molecule has 8 N–H and O–H groups in total. The first kappa shape index (κ1) is 60.1. The molecule has 12 nitrogen and oxygen atoms in total. The molecule has 1 aliphatic rings. The first-order valence-corrected chi connectivity index (χ1v) is 27.6. The van der Waals surface area contributed by atoms with Crippen LogP contribution in [0, 0.1) is 0 Å². The molecule has 0 spiro atoms. The van der Waals surface area contributed by atoms with Gasteiger partial charge in [-0.15, -0.1) is 0 Å². The van der Waals surface area contributed by atoms with Crippen LogP contribution in [0.25, 0.3) is 0 Å². The summed E-state index contributed by atoms with van der Waals surface area (Å²) in [6.45, 7) is 3.82. The average molecular weight is 920 g/mol. The molecule has 1 aliphatic carbocycles. The van der Waals surface area contributed by atoms with E-state index >= 15 is 0 Å². The number of carbonyl (C=O) groups is 1. The van der Waals surface area contributed by atoms with E-state index < -0.39 is 63.2 Å². The van der Waals surface area contributed by atoms with E-state index in [1.165, 1.54) is 179 Å². The molecule has 6 unspecified atom stereocenters. The van der Waals surface area contributed by atoms with Crippen LogP contribution < -0.4 is 5.32 Å². The Morgan fingerprint density at radius 1 is 0.524 bits per heavy atom. The van der Waals surface area contributed by atoms with Gasteiger partial charge in [0.1, 0.15) is 36.6 Å². The van der Waals surface area contributed by atoms with E-state index in [2.05, 4.69) is 19.2 Å². The summed E-state index contributed by atoms with van der Waals surface area (Å²) in [5.41, 5.74) is 0. The van der Waals surface area contributed by atoms with Crippen molar-refractivity contribution in [3.8, 4) is 0 Å². The Hall–Kier alpha value is -0.920. The Morgan fingerprint density at radius 2 is 0.841 bits per heavy atom. The predicted molar refractivity (Wildman–Crippen MR) is 255 cm³/mol. The van der Waals surface area contributed by atoms with E-state index in [1.807, 2.05) is 6.08 Å². The molecule has 1 fully saturated rings. The zero-order valence-electron chi connectivity index (χ0n) is 40.1. The number of rotatable bonds is 44. The molecule has 0 saturated heterocycles. The van der Waals surface area contributed by atoms with Crippen LogP contribution in [0.5, 0.6) is 0 Å². The maximum atomic E-state index is 12.9. The molecule has 0 aromatic rings. The predicted octanol–water partition coefficient (Wildman–Crippen LogP) is 10.8. The lowest BCUT2D eigenvalue weighted by Crippen LogP contribution is -2.64. The lowest BCUT2D eigenvalue weighted by atomic mass is 9.85. The second-order valence-electron chi connectivity index (χ2n) is 18.7. The number of carbonyl (C=O) groups excluding carboxylic acids is 1. The number of aliphatic hydroxyl groups excluding tert-OH is 6. The van der Waals surface area contributed by atoms with Gasteiger partial charge in [-0.3, -0.25) is 13.8 Å². The number of allylic oxidation sites excluding steroid dienone is 1. The molecule has 0 heterocycles. The van der Waals surface area contributed by atoms with Gasteiger partial charge in [-0.05, 0) is 19.3 Å². The Kier molecular flexibility index (Phi) is 38.3. The van der Waals surface area contributed by atoms with Crippen molar-refractivity contribution in [2.24, 2.45) is 0 Å². The number of nitrogens with one attached hydrogen (secondary N) is 1. The number of hydrogen-bond acceptors (Lipinski definition) is 10. The van der Waals surface area contributed by atoms with E-state index in [-0.39, 0.29) is 12.3 Å². The summed E-state index contributed by atoms with van der Waals surface area (Å²) in [4.78, 5) is 23.4. The van der Waals surface area contributed by atoms with Crippen molar-refractivity contribution in [1.82, 2.24) is 5.32 Å². The molecule has 374 valence electrons. The van der Waals surface area contributed by atoms with Gasteiger partial charge >= 0.3 is 7.82 Å². The van der Waals surface area contributed by atoms with Gasteiger partial charge in [-0.2, -0.15) is 0 Å². The molecule has 0 bridgehead atoms. The molecule has 1 amide bonds. The van der Waals surface area contributed by atoms with Gasteiger partial charge in [0.25, 0.3) is 0 Å². The normalized spacial score (nSPS) is 22.4. The number of unbranched alkanes of at least 4 members (excludes halogenated alkanes) is 33. The fourth-order valence-electron chi connectivity index (χ4n) is 8.55. The Morgan fingerprint density at radius 3 is 1.21 bits per heavy atom. The van der Waals surface area contributed by atoms with Crippen molar-refractivity contribution < 1.29 is 53.9 Å². The minimum absolute atomic E-state index is 0.218. The Balaban J connectivity index is 2.24. The van der Waals surface area contributed by atoms with Crippen LogP contribution >= 0.6 is 7.82 Å². The second kappa shape index (κ2) is 40.2. The standard InChI is InChI=1S/C50H98NO11P/c1-3-5-7-9-11-13-14-15-16-17-18-19-20-21-22-23-24-25-26-27-28-29-30-32-34-36-38-40-44(53)51-42(43(52)39-37-35-33-31-12-10-8-6-4-2)41-61-63(59,60)62-50-48(57)46(55)45(54)47(56)49(50)58/h37,39,42-43,45-50,52,54-58H,3-36,38,40-41H2,1-2H3,(H,51,53)(H,59,60)/b39-37+/t42-,43+,45?,46+,47?,48?,49?,50?/m0/s1. The van der Waals surface area contributed by atoms with Crippen molar-refractivity contribution in [1.29, 1.82) is 0 Å². The highest BCUT2D eigenvalue weighted by Gasteiger charge is 2.51. The fourth-order valence-corrected chi connectivity index (χ4v) is 9.52. The number of amides is 1. The van der Waals surface area contributed by atoms with Crippen LogP contribution in [0.1, 0.15) is 245 Å². The van der Waals surface area contributed by atoms with Crippen molar-refractivity contribution in [2.75, 3.05) is 6.61 Å². The minimum atomic E-state index is -5.07. The van der Waals surface area contributed by atoms with Gasteiger partial charge in [0.15, 0.2) is 0 Å². The number of aliphatic hydroxyl groups is 6. The SMILES string of the molecule is CCCCCCCCC/C=C/[C@@H](O)[C@H](COP(=O)(O)OC1C(O)C(O)C(O)[C@@H](O)C1O)NC(=O)CCCCCCCCCCCCCCCCCCCCCCCCCCCCC. The van der Waals surface area contributed by atoms with Crippen LogP contribution in [0.2, 0.25) is 0 Å². The molecule has 1 saturated carbocycles. The molecule has 0 aromatic carbocycles. The molecule has 63 heavy (non-hydrogen) atoms.